The quantitative estimate of drug-likeness (QED) is 0.554. The largest absolute Gasteiger partial charge is 0.416 e. The van der Waals surface area contributed by atoms with Crippen LogP contribution in [-0.2, 0) is 11.0 Å². The highest BCUT2D eigenvalue weighted by Gasteiger charge is 2.31. The minimum Gasteiger partial charge on any atom is -0.367 e. The molecular weight excluding hydrogens is 511 g/mol. The van der Waals surface area contributed by atoms with Crippen LogP contribution in [0.2, 0.25) is 0 Å². The molecule has 2 N–H and O–H groups in total. The Kier molecular flexibility index (Phi) is 7.67. The molecule has 2 aliphatic heterocycles. The molecule has 39 heavy (non-hydrogen) atoms. The van der Waals surface area contributed by atoms with Crippen LogP contribution in [0.5, 0.6) is 0 Å². The monoisotopic (exact) mass is 543 g/mol. The molecule has 3 aliphatic rings. The normalized spacial score (nSPS) is 18.1. The van der Waals surface area contributed by atoms with Crippen molar-refractivity contribution in [3.8, 4) is 0 Å². The number of carbonyl (C=O) groups excluding carboxylic acids is 3. The topological polar surface area (TPSA) is 85.0 Å². The Hall–Kier alpha value is -3.76. The number of nitrogens with one attached hydrogen (secondary N) is 2. The van der Waals surface area contributed by atoms with Crippen LogP contribution in [0.25, 0.3) is 0 Å². The van der Waals surface area contributed by atoms with Crippen LogP contribution in [0, 0.1) is 5.92 Å². The Morgan fingerprint density at radius 1 is 0.769 bits per heavy atom. The summed E-state index contributed by atoms with van der Waals surface area (Å²) in [6.45, 7) is 2.96. The number of anilines is 3. The molecule has 2 saturated heterocycles. The van der Waals surface area contributed by atoms with E-state index in [1.54, 1.807) is 17.0 Å². The molecule has 5 rings (SSSR count). The zero-order valence-electron chi connectivity index (χ0n) is 21.6. The van der Waals surface area contributed by atoms with E-state index in [9.17, 15) is 27.6 Å². The van der Waals surface area contributed by atoms with Crippen molar-refractivity contribution in [2.75, 3.05) is 54.8 Å². The SMILES string of the molecule is O=C(Nc1ccc(N2CCN(C(=O)Nc3cccc(C(F)(F)F)c3)CC2)c(C(=O)N2CCCC2)c1)C1CCC1. The van der Waals surface area contributed by atoms with Crippen LogP contribution < -0.4 is 15.5 Å². The van der Waals surface area contributed by atoms with E-state index in [4.69, 9.17) is 0 Å². The number of hydrogen-bond acceptors (Lipinski definition) is 4. The molecule has 0 aromatic heterocycles. The van der Waals surface area contributed by atoms with Crippen LogP contribution in [0.4, 0.5) is 35.0 Å². The fraction of sp³-hybridized carbons (Fsp3) is 0.464. The summed E-state index contributed by atoms with van der Waals surface area (Å²) >= 11 is 0. The first-order valence-electron chi connectivity index (χ1n) is 13.4. The summed E-state index contributed by atoms with van der Waals surface area (Å²) in [5.41, 5.74) is 1.11. The molecule has 208 valence electrons. The lowest BCUT2D eigenvalue weighted by Crippen LogP contribution is -2.50. The summed E-state index contributed by atoms with van der Waals surface area (Å²) in [7, 11) is 0. The molecule has 8 nitrogen and oxygen atoms in total. The van der Waals surface area contributed by atoms with E-state index in [1.807, 2.05) is 15.9 Å². The van der Waals surface area contributed by atoms with Crippen molar-refractivity contribution in [3.63, 3.8) is 0 Å². The Labute approximate surface area is 225 Å². The Morgan fingerprint density at radius 2 is 1.46 bits per heavy atom. The smallest absolute Gasteiger partial charge is 0.367 e. The lowest BCUT2D eigenvalue weighted by molar-refractivity contribution is -0.137. The van der Waals surface area contributed by atoms with E-state index in [1.165, 1.54) is 12.1 Å². The van der Waals surface area contributed by atoms with Crippen LogP contribution in [0.15, 0.2) is 42.5 Å². The maximum atomic E-state index is 13.5. The van der Waals surface area contributed by atoms with Gasteiger partial charge in [-0.25, -0.2) is 4.79 Å². The van der Waals surface area contributed by atoms with Gasteiger partial charge in [-0.2, -0.15) is 13.2 Å². The number of piperazine rings is 1. The first kappa shape index (κ1) is 26.8. The third-order valence-electron chi connectivity index (χ3n) is 7.71. The summed E-state index contributed by atoms with van der Waals surface area (Å²) in [4.78, 5) is 44.1. The number of benzene rings is 2. The standard InChI is InChI=1S/C28H32F3N5O3/c29-28(30,31)20-7-4-8-21(17-20)33-27(39)36-15-13-34(14-16-36)24-10-9-22(32-25(37)19-5-3-6-19)18-23(24)26(38)35-11-1-2-12-35/h4,7-10,17-19H,1-3,5-6,11-16H2,(H,32,37)(H,33,39). The first-order valence-corrected chi connectivity index (χ1v) is 13.4. The minimum atomic E-state index is -4.49. The molecule has 0 bridgehead atoms. The molecule has 1 aliphatic carbocycles. The van der Waals surface area contributed by atoms with Gasteiger partial charge in [0.2, 0.25) is 5.91 Å². The lowest BCUT2D eigenvalue weighted by Gasteiger charge is -2.37. The second-order valence-electron chi connectivity index (χ2n) is 10.3. The molecule has 0 spiro atoms. The predicted molar refractivity (Wildman–Crippen MR) is 142 cm³/mol. The Balaban J connectivity index is 1.27. The number of alkyl halides is 3. The van der Waals surface area contributed by atoms with Gasteiger partial charge in [0, 0.05) is 62.2 Å². The first-order chi connectivity index (χ1) is 18.7. The lowest BCUT2D eigenvalue weighted by atomic mass is 9.85. The van der Waals surface area contributed by atoms with Crippen LogP contribution >= 0.6 is 0 Å². The molecule has 2 heterocycles. The van der Waals surface area contributed by atoms with Crippen LogP contribution in [0.1, 0.15) is 48.0 Å². The molecule has 0 atom stereocenters. The van der Waals surface area contributed by atoms with Crippen molar-refractivity contribution in [2.45, 2.75) is 38.3 Å². The fourth-order valence-electron chi connectivity index (χ4n) is 5.19. The van der Waals surface area contributed by atoms with Crippen LogP contribution in [-0.4, -0.2) is 66.9 Å². The van der Waals surface area contributed by atoms with Gasteiger partial charge in [0.15, 0.2) is 0 Å². The van der Waals surface area contributed by atoms with Crippen molar-refractivity contribution in [3.05, 3.63) is 53.6 Å². The van der Waals surface area contributed by atoms with Crippen molar-refractivity contribution in [1.29, 1.82) is 0 Å². The van der Waals surface area contributed by atoms with Gasteiger partial charge in [0.1, 0.15) is 0 Å². The van der Waals surface area contributed by atoms with Gasteiger partial charge < -0.3 is 25.3 Å². The van der Waals surface area contributed by atoms with Gasteiger partial charge in [-0.3, -0.25) is 9.59 Å². The average molecular weight is 544 g/mol. The van der Waals surface area contributed by atoms with E-state index in [-0.39, 0.29) is 23.4 Å². The minimum absolute atomic E-state index is 0.0195. The van der Waals surface area contributed by atoms with Gasteiger partial charge in [0.05, 0.1) is 11.1 Å². The van der Waals surface area contributed by atoms with Gasteiger partial charge in [-0.05, 0) is 62.1 Å². The number of hydrogen-bond donors (Lipinski definition) is 2. The number of halogens is 3. The second-order valence-corrected chi connectivity index (χ2v) is 10.3. The van der Waals surface area contributed by atoms with Crippen molar-refractivity contribution >= 4 is 34.9 Å². The maximum Gasteiger partial charge on any atom is 0.416 e. The maximum absolute atomic E-state index is 13.5. The number of likely N-dealkylation sites (tertiary alicyclic amines) is 1. The number of nitrogens with zero attached hydrogens (tertiary/aromatic N) is 3. The molecule has 3 fully saturated rings. The van der Waals surface area contributed by atoms with E-state index in [0.29, 0.717) is 50.5 Å². The summed E-state index contributed by atoms with van der Waals surface area (Å²) in [5.74, 6) is -0.0708. The van der Waals surface area contributed by atoms with Crippen LogP contribution in [0.3, 0.4) is 0 Å². The molecule has 11 heteroatoms. The number of urea groups is 1. The summed E-state index contributed by atoms with van der Waals surface area (Å²) in [6, 6.07) is 9.47. The Morgan fingerprint density at radius 3 is 2.10 bits per heavy atom. The molecule has 0 unspecified atom stereocenters. The molecule has 1 saturated carbocycles. The second kappa shape index (κ2) is 11.2. The third-order valence-corrected chi connectivity index (χ3v) is 7.71. The molecular formula is C28H32F3N5O3. The van der Waals surface area contributed by atoms with Gasteiger partial charge in [-0.1, -0.05) is 12.5 Å². The Bertz CT molecular complexity index is 1230. The highest BCUT2D eigenvalue weighted by atomic mass is 19.4. The van der Waals surface area contributed by atoms with Gasteiger partial charge in [-0.15, -0.1) is 0 Å². The van der Waals surface area contributed by atoms with Gasteiger partial charge in [0.25, 0.3) is 5.91 Å². The van der Waals surface area contributed by atoms with Gasteiger partial charge >= 0.3 is 12.2 Å². The molecule has 2 aromatic carbocycles. The number of rotatable bonds is 5. The third kappa shape index (κ3) is 6.12. The average Bonchev–Trinajstić information content (AvgIpc) is 3.42. The van der Waals surface area contributed by atoms with Crippen molar-refractivity contribution < 1.29 is 27.6 Å². The van der Waals surface area contributed by atoms with E-state index in [0.717, 1.165) is 49.9 Å². The molecule has 4 amide bonds. The van der Waals surface area contributed by atoms with E-state index < -0.39 is 17.8 Å². The zero-order chi connectivity index (χ0) is 27.6. The highest BCUT2D eigenvalue weighted by Crippen LogP contribution is 2.32. The predicted octanol–water partition coefficient (Wildman–Crippen LogP) is 5.03. The van der Waals surface area contributed by atoms with E-state index in [2.05, 4.69) is 10.6 Å². The molecule has 2 aromatic rings. The number of amides is 4. The zero-order valence-corrected chi connectivity index (χ0v) is 21.6. The number of carbonyl (C=O) groups is 3. The van der Waals surface area contributed by atoms with E-state index >= 15 is 0 Å². The fourth-order valence-corrected chi connectivity index (χ4v) is 5.19. The summed E-state index contributed by atoms with van der Waals surface area (Å²) < 4.78 is 39.1. The molecule has 0 radical (unpaired) electrons. The summed E-state index contributed by atoms with van der Waals surface area (Å²) in [6.07, 6.45) is 0.244. The summed E-state index contributed by atoms with van der Waals surface area (Å²) in [5, 5.41) is 5.52. The highest BCUT2D eigenvalue weighted by molar-refractivity contribution is 6.02. The van der Waals surface area contributed by atoms with Crippen molar-refractivity contribution in [2.24, 2.45) is 5.92 Å². The van der Waals surface area contributed by atoms with Crippen molar-refractivity contribution in [1.82, 2.24) is 9.80 Å².